The summed E-state index contributed by atoms with van der Waals surface area (Å²) in [6.45, 7) is 0. The first kappa shape index (κ1) is 11.5. The zero-order chi connectivity index (χ0) is 12.4. The first-order chi connectivity index (χ1) is 8.08. The van der Waals surface area contributed by atoms with Crippen molar-refractivity contribution in [2.45, 2.75) is 0 Å². The highest BCUT2D eigenvalue weighted by Crippen LogP contribution is 2.16. The molecule has 2 aromatic heterocycles. The first-order valence-electron chi connectivity index (χ1n) is 5.41. The maximum absolute atomic E-state index is 11.5. The molecule has 86 valence electrons. The molecule has 1 N–H and O–H groups in total. The largest absolute Gasteiger partial charge is 0.346 e. The van der Waals surface area contributed by atoms with Gasteiger partial charge in [0.15, 0.2) is 0 Å². The van der Waals surface area contributed by atoms with E-state index in [9.17, 15) is 4.79 Å². The minimum absolute atomic E-state index is 0.0278. The van der Waals surface area contributed by atoms with Crippen LogP contribution in [0.3, 0.4) is 0 Å². The van der Waals surface area contributed by atoms with Crippen molar-refractivity contribution in [3.8, 4) is 0 Å². The number of pyridine rings is 1. The molecule has 17 heavy (non-hydrogen) atoms. The number of hydrogen-bond donors (Lipinski definition) is 1. The molecule has 0 spiro atoms. The Kier molecular flexibility index (Phi) is 3.00. The maximum Gasteiger partial charge on any atom is 0.246 e. The molecule has 2 heterocycles. The quantitative estimate of drug-likeness (QED) is 0.576. The van der Waals surface area contributed by atoms with E-state index in [1.165, 1.54) is 4.90 Å². The molecule has 0 unspecified atom stereocenters. The topological polar surface area (TPSA) is 49.0 Å². The van der Waals surface area contributed by atoms with Gasteiger partial charge >= 0.3 is 0 Å². The minimum Gasteiger partial charge on any atom is -0.346 e. The molecule has 0 aromatic carbocycles. The standard InChI is InChI=1S/C12H14BN3O/c1-16(2)11(17)4-3-8-6-14-12-10(8)5-9(13)7-15-12/h3-7H,13H2,1-2H3,(H,14,15)/b4-3+. The van der Waals surface area contributed by atoms with Gasteiger partial charge in [0.05, 0.1) is 0 Å². The third-order valence-corrected chi connectivity index (χ3v) is 2.55. The number of hydrogen-bond acceptors (Lipinski definition) is 2. The second-order valence-corrected chi connectivity index (χ2v) is 4.22. The summed E-state index contributed by atoms with van der Waals surface area (Å²) in [5.74, 6) is -0.0278. The van der Waals surface area contributed by atoms with E-state index in [0.29, 0.717) is 0 Å². The molecular formula is C12H14BN3O. The smallest absolute Gasteiger partial charge is 0.246 e. The first-order valence-corrected chi connectivity index (χ1v) is 5.41. The number of aromatic amines is 1. The Bertz CT molecular complexity index is 586. The van der Waals surface area contributed by atoms with Crippen LogP contribution in [-0.4, -0.2) is 42.7 Å². The molecule has 2 aromatic rings. The van der Waals surface area contributed by atoms with Gasteiger partial charge in [-0.15, -0.1) is 0 Å². The van der Waals surface area contributed by atoms with Crippen molar-refractivity contribution in [2.75, 3.05) is 14.1 Å². The second-order valence-electron chi connectivity index (χ2n) is 4.22. The molecule has 0 saturated heterocycles. The van der Waals surface area contributed by atoms with Crippen molar-refractivity contribution < 1.29 is 4.79 Å². The molecule has 5 heteroatoms. The summed E-state index contributed by atoms with van der Waals surface area (Å²) in [6, 6.07) is 2.05. The number of amides is 1. The third kappa shape index (κ3) is 2.38. The lowest BCUT2D eigenvalue weighted by Crippen LogP contribution is -2.18. The van der Waals surface area contributed by atoms with Crippen LogP contribution in [0.15, 0.2) is 24.5 Å². The number of rotatable bonds is 2. The third-order valence-electron chi connectivity index (χ3n) is 2.55. The van der Waals surface area contributed by atoms with E-state index in [2.05, 4.69) is 16.0 Å². The summed E-state index contributed by atoms with van der Waals surface area (Å²) in [5.41, 5.74) is 2.92. The highest BCUT2D eigenvalue weighted by Gasteiger charge is 2.03. The molecule has 0 bridgehead atoms. The molecule has 0 aliphatic carbocycles. The maximum atomic E-state index is 11.5. The Balaban J connectivity index is 2.36. The number of nitrogens with zero attached hydrogens (tertiary/aromatic N) is 2. The monoisotopic (exact) mass is 227 g/mol. The molecule has 4 nitrogen and oxygen atoms in total. The Morgan fingerprint density at radius 2 is 2.29 bits per heavy atom. The second kappa shape index (κ2) is 4.45. The van der Waals surface area contributed by atoms with Gasteiger partial charge in [-0.05, 0) is 6.08 Å². The number of likely N-dealkylation sites (N-methyl/N-ethyl adjacent to an activating group) is 1. The van der Waals surface area contributed by atoms with Crippen LogP contribution >= 0.6 is 0 Å². The number of carbonyl (C=O) groups excluding carboxylic acids is 1. The Hall–Kier alpha value is -2.04. The van der Waals surface area contributed by atoms with Gasteiger partial charge in [-0.25, -0.2) is 4.98 Å². The van der Waals surface area contributed by atoms with Gasteiger partial charge in [0.1, 0.15) is 13.5 Å². The van der Waals surface area contributed by atoms with Gasteiger partial charge in [-0.3, -0.25) is 4.79 Å². The average molecular weight is 227 g/mol. The minimum atomic E-state index is -0.0278. The number of nitrogens with one attached hydrogen (secondary N) is 1. The van der Waals surface area contributed by atoms with Crippen molar-refractivity contribution in [3.63, 3.8) is 0 Å². The van der Waals surface area contributed by atoms with E-state index in [-0.39, 0.29) is 5.91 Å². The fraction of sp³-hybridized carbons (Fsp3) is 0.167. The van der Waals surface area contributed by atoms with E-state index in [0.717, 1.165) is 22.1 Å². The fourth-order valence-corrected chi connectivity index (χ4v) is 1.58. The van der Waals surface area contributed by atoms with Crippen LogP contribution in [0.1, 0.15) is 5.56 Å². The zero-order valence-corrected chi connectivity index (χ0v) is 10.2. The average Bonchev–Trinajstić information content (AvgIpc) is 2.68. The van der Waals surface area contributed by atoms with E-state index < -0.39 is 0 Å². The van der Waals surface area contributed by atoms with Gasteiger partial charge < -0.3 is 9.88 Å². The summed E-state index contributed by atoms with van der Waals surface area (Å²) >= 11 is 0. The van der Waals surface area contributed by atoms with Crippen LogP contribution in [0.25, 0.3) is 17.1 Å². The molecule has 1 amide bonds. The van der Waals surface area contributed by atoms with E-state index in [4.69, 9.17) is 0 Å². The lowest BCUT2D eigenvalue weighted by atomic mass is 9.97. The van der Waals surface area contributed by atoms with Gasteiger partial charge in [-0.1, -0.05) is 11.5 Å². The molecule has 0 atom stereocenters. The highest BCUT2D eigenvalue weighted by atomic mass is 16.2. The van der Waals surface area contributed by atoms with E-state index >= 15 is 0 Å². The predicted octanol–water partition coefficient (Wildman–Crippen LogP) is -0.0773. The van der Waals surface area contributed by atoms with E-state index in [1.54, 1.807) is 20.2 Å². The Morgan fingerprint density at radius 1 is 1.53 bits per heavy atom. The normalized spacial score (nSPS) is 11.2. The van der Waals surface area contributed by atoms with Crippen molar-refractivity contribution >= 4 is 36.3 Å². The molecule has 0 radical (unpaired) electrons. The fourth-order valence-electron chi connectivity index (χ4n) is 1.58. The van der Waals surface area contributed by atoms with Crippen molar-refractivity contribution in [1.82, 2.24) is 14.9 Å². The summed E-state index contributed by atoms with van der Waals surface area (Å²) < 4.78 is 0. The predicted molar refractivity (Wildman–Crippen MR) is 72.0 cm³/mol. The number of H-pyrrole nitrogens is 1. The van der Waals surface area contributed by atoms with Crippen molar-refractivity contribution in [2.24, 2.45) is 0 Å². The van der Waals surface area contributed by atoms with Crippen LogP contribution in [0, 0.1) is 0 Å². The van der Waals surface area contributed by atoms with Crippen LogP contribution in [-0.2, 0) is 4.79 Å². The van der Waals surface area contributed by atoms with Gasteiger partial charge in [0, 0.05) is 43.5 Å². The van der Waals surface area contributed by atoms with Crippen LogP contribution in [0.5, 0.6) is 0 Å². The van der Waals surface area contributed by atoms with Crippen LogP contribution < -0.4 is 5.46 Å². The summed E-state index contributed by atoms with van der Waals surface area (Å²) in [6.07, 6.45) is 7.04. The number of fused-ring (bicyclic) bond motifs is 1. The van der Waals surface area contributed by atoms with Crippen molar-refractivity contribution in [3.05, 3.63) is 30.1 Å². The summed E-state index contributed by atoms with van der Waals surface area (Å²) in [4.78, 5) is 20.4. The number of aromatic nitrogens is 2. The number of carbonyl (C=O) groups is 1. The lowest BCUT2D eigenvalue weighted by molar-refractivity contribution is -0.123. The van der Waals surface area contributed by atoms with Gasteiger partial charge in [-0.2, -0.15) is 0 Å². The summed E-state index contributed by atoms with van der Waals surface area (Å²) in [7, 11) is 5.46. The molecule has 0 fully saturated rings. The highest BCUT2D eigenvalue weighted by molar-refractivity contribution is 6.32. The molecule has 2 rings (SSSR count). The SMILES string of the molecule is Bc1cnc2[nH]cc(/C=C/C(=O)N(C)C)c2c1. The van der Waals surface area contributed by atoms with Crippen LogP contribution in [0.4, 0.5) is 0 Å². The van der Waals surface area contributed by atoms with Crippen molar-refractivity contribution in [1.29, 1.82) is 0 Å². The zero-order valence-electron chi connectivity index (χ0n) is 10.2. The molecule has 0 saturated carbocycles. The Morgan fingerprint density at radius 3 is 3.00 bits per heavy atom. The summed E-state index contributed by atoms with van der Waals surface area (Å²) in [5, 5.41) is 1.04. The van der Waals surface area contributed by atoms with Crippen LogP contribution in [0.2, 0.25) is 0 Å². The Labute approximate surface area is 101 Å². The molecule has 0 aliphatic rings. The van der Waals surface area contributed by atoms with Gasteiger partial charge in [0.25, 0.3) is 0 Å². The lowest BCUT2D eigenvalue weighted by Gasteiger charge is -2.04. The molecular weight excluding hydrogens is 213 g/mol. The van der Waals surface area contributed by atoms with Gasteiger partial charge in [0.2, 0.25) is 5.91 Å². The van der Waals surface area contributed by atoms with E-state index in [1.807, 2.05) is 26.3 Å². The molecule has 0 aliphatic heterocycles.